The third-order valence-corrected chi connectivity index (χ3v) is 2.55. The molecule has 0 radical (unpaired) electrons. The van der Waals surface area contributed by atoms with Crippen molar-refractivity contribution in [2.75, 3.05) is 0 Å². The fourth-order valence-corrected chi connectivity index (χ4v) is 1.74. The van der Waals surface area contributed by atoms with Gasteiger partial charge in [0.05, 0.1) is 11.0 Å². The number of ether oxygens (including phenoxy) is 1. The monoisotopic (exact) mass is 290 g/mol. The quantitative estimate of drug-likeness (QED) is 0.867. The lowest BCUT2D eigenvalue weighted by Crippen LogP contribution is -2.22. The van der Waals surface area contributed by atoms with Crippen molar-refractivity contribution in [1.82, 2.24) is 4.98 Å². The zero-order valence-corrected chi connectivity index (χ0v) is 9.75. The van der Waals surface area contributed by atoms with Crippen molar-refractivity contribution < 1.29 is 27.8 Å². The Bertz CT molecular complexity index is 663. The number of benzene rings is 1. The second-order valence-corrected chi connectivity index (χ2v) is 3.87. The third kappa shape index (κ3) is 2.55. The molecule has 0 saturated heterocycles. The van der Waals surface area contributed by atoms with Gasteiger partial charge in [-0.3, -0.25) is 4.98 Å². The molecule has 2 rings (SSSR count). The van der Waals surface area contributed by atoms with E-state index in [0.717, 1.165) is 18.3 Å². The Hall–Kier alpha value is -2.02. The first-order chi connectivity index (χ1) is 8.90. The molecule has 0 amide bonds. The van der Waals surface area contributed by atoms with Gasteiger partial charge in [0.25, 0.3) is 0 Å². The molecule has 0 aliphatic heterocycles. The lowest BCUT2D eigenvalue weighted by Gasteiger charge is -2.10. The highest BCUT2D eigenvalue weighted by Crippen LogP contribution is 2.34. The number of carbonyl (C=O) groups is 1. The molecule has 0 aliphatic carbocycles. The van der Waals surface area contributed by atoms with Crippen LogP contribution in [0.3, 0.4) is 0 Å². The van der Waals surface area contributed by atoms with E-state index < -0.39 is 29.2 Å². The van der Waals surface area contributed by atoms with E-state index in [0.29, 0.717) is 0 Å². The molecule has 1 heterocycles. The first-order valence-electron chi connectivity index (χ1n) is 4.84. The minimum atomic E-state index is -3.24. The summed E-state index contributed by atoms with van der Waals surface area (Å²) in [7, 11) is 0. The van der Waals surface area contributed by atoms with E-state index >= 15 is 0 Å². The Morgan fingerprint density at radius 2 is 2.11 bits per heavy atom. The van der Waals surface area contributed by atoms with Crippen LogP contribution in [-0.4, -0.2) is 17.6 Å². The van der Waals surface area contributed by atoms with Crippen LogP contribution >= 0.6 is 11.6 Å². The number of rotatable bonds is 3. The Kier molecular flexibility index (Phi) is 3.48. The Morgan fingerprint density at radius 1 is 1.42 bits per heavy atom. The van der Waals surface area contributed by atoms with Gasteiger partial charge in [0.1, 0.15) is 5.52 Å². The topological polar surface area (TPSA) is 62.2 Å². The second kappa shape index (κ2) is 4.93. The lowest BCUT2D eigenvalue weighted by molar-refractivity contribution is -0.255. The summed E-state index contributed by atoms with van der Waals surface area (Å²) in [6.07, 6.45) is 0.848. The number of carboxylic acids is 1. The van der Waals surface area contributed by atoms with E-state index in [1.54, 1.807) is 0 Å². The largest absolute Gasteiger partial charge is 0.545 e. The van der Waals surface area contributed by atoms with Crippen molar-refractivity contribution in [3.05, 3.63) is 34.7 Å². The van der Waals surface area contributed by atoms with E-state index in [4.69, 9.17) is 11.6 Å². The maximum absolute atomic E-state index is 13.9. The first kappa shape index (κ1) is 13.4. The summed E-state index contributed by atoms with van der Waals surface area (Å²) in [5, 5.41) is 10.2. The van der Waals surface area contributed by atoms with E-state index in [2.05, 4.69) is 9.72 Å². The van der Waals surface area contributed by atoms with Gasteiger partial charge in [-0.1, -0.05) is 11.6 Å². The number of nitrogens with zero attached hydrogens (tertiary/aromatic N) is 1. The number of alkyl halides is 2. The van der Waals surface area contributed by atoms with Crippen LogP contribution in [0.1, 0.15) is 10.4 Å². The fourth-order valence-electron chi connectivity index (χ4n) is 1.50. The molecule has 0 spiro atoms. The van der Waals surface area contributed by atoms with Gasteiger partial charge in [0.2, 0.25) is 0 Å². The molecule has 0 aliphatic rings. The fraction of sp³-hybridized carbons (Fsp3) is 0.0909. The Balaban J connectivity index is 2.65. The number of hydrogen-bond donors (Lipinski definition) is 0. The average molecular weight is 291 g/mol. The van der Waals surface area contributed by atoms with Crippen molar-refractivity contribution in [2.45, 2.75) is 6.61 Å². The van der Waals surface area contributed by atoms with Crippen LogP contribution < -0.4 is 9.84 Å². The Labute approximate surface area is 109 Å². The minimum Gasteiger partial charge on any atom is -0.545 e. The number of pyridine rings is 1. The van der Waals surface area contributed by atoms with E-state index in [1.807, 2.05) is 0 Å². The minimum absolute atomic E-state index is 0.0332. The molecule has 2 aromatic rings. The molecule has 100 valence electrons. The van der Waals surface area contributed by atoms with Gasteiger partial charge in [-0.15, -0.1) is 0 Å². The molecule has 0 N–H and O–H groups in total. The number of fused-ring (bicyclic) bond motifs is 1. The second-order valence-electron chi connectivity index (χ2n) is 3.46. The van der Waals surface area contributed by atoms with Crippen LogP contribution in [0.2, 0.25) is 5.02 Å². The van der Waals surface area contributed by atoms with Gasteiger partial charge in [-0.05, 0) is 12.1 Å². The van der Waals surface area contributed by atoms with Gasteiger partial charge in [-0.2, -0.15) is 8.78 Å². The van der Waals surface area contributed by atoms with Crippen LogP contribution in [0.25, 0.3) is 10.9 Å². The summed E-state index contributed by atoms with van der Waals surface area (Å²) in [6, 6.07) is 2.15. The highest BCUT2D eigenvalue weighted by molar-refractivity contribution is 6.32. The van der Waals surface area contributed by atoms with E-state index in [1.165, 1.54) is 0 Å². The summed E-state index contributed by atoms with van der Waals surface area (Å²) < 4.78 is 42.0. The summed E-state index contributed by atoms with van der Waals surface area (Å²) in [4.78, 5) is 14.2. The molecule has 8 heteroatoms. The molecule has 19 heavy (non-hydrogen) atoms. The van der Waals surface area contributed by atoms with Crippen molar-refractivity contribution in [1.29, 1.82) is 0 Å². The number of aromatic nitrogens is 1. The highest BCUT2D eigenvalue weighted by atomic mass is 35.5. The van der Waals surface area contributed by atoms with Gasteiger partial charge in [-0.25, -0.2) is 4.39 Å². The van der Waals surface area contributed by atoms with Gasteiger partial charge < -0.3 is 14.6 Å². The predicted molar refractivity (Wildman–Crippen MR) is 57.7 cm³/mol. The number of hydrogen-bond acceptors (Lipinski definition) is 4. The summed E-state index contributed by atoms with van der Waals surface area (Å²) in [6.45, 7) is -3.24. The summed E-state index contributed by atoms with van der Waals surface area (Å²) in [5.41, 5.74) is -0.615. The maximum atomic E-state index is 13.9. The van der Waals surface area contributed by atoms with E-state index in [-0.39, 0.29) is 16.5 Å². The molecular weight excluding hydrogens is 287 g/mol. The smallest absolute Gasteiger partial charge is 0.387 e. The predicted octanol–water partition coefficient (Wildman–Crippen LogP) is 1.99. The molecule has 0 unspecified atom stereocenters. The van der Waals surface area contributed by atoms with Crippen molar-refractivity contribution in [3.8, 4) is 5.75 Å². The van der Waals surface area contributed by atoms with Crippen LogP contribution in [0.15, 0.2) is 18.3 Å². The number of halogens is 4. The maximum Gasteiger partial charge on any atom is 0.387 e. The molecule has 4 nitrogen and oxygen atoms in total. The number of carbonyl (C=O) groups excluding carboxylic acids is 1. The third-order valence-electron chi connectivity index (χ3n) is 2.27. The number of carboxylic acid groups (broad SMARTS) is 1. The summed E-state index contributed by atoms with van der Waals surface area (Å²) >= 11 is 5.60. The van der Waals surface area contributed by atoms with Crippen LogP contribution in [0, 0.1) is 5.82 Å². The zero-order valence-electron chi connectivity index (χ0n) is 8.99. The Morgan fingerprint density at radius 3 is 2.68 bits per heavy atom. The molecule has 1 aromatic heterocycles. The van der Waals surface area contributed by atoms with Crippen molar-refractivity contribution >= 4 is 28.5 Å². The van der Waals surface area contributed by atoms with Gasteiger partial charge in [0, 0.05) is 17.1 Å². The standard InChI is InChI=1S/C11H5ClF3NO3/c12-6-2-4-1-5(10(17)18)3-16-8(4)7(13)9(6)19-11(14)15/h1-3,11H,(H,17,18)/p-1. The molecule has 0 bridgehead atoms. The van der Waals surface area contributed by atoms with Crippen molar-refractivity contribution in [2.24, 2.45) is 0 Å². The zero-order chi connectivity index (χ0) is 14.2. The summed E-state index contributed by atoms with van der Waals surface area (Å²) in [5.74, 6) is -3.52. The molecule has 0 saturated carbocycles. The molecular formula is C11H4ClF3NO3-. The van der Waals surface area contributed by atoms with Crippen molar-refractivity contribution in [3.63, 3.8) is 0 Å². The lowest BCUT2D eigenvalue weighted by atomic mass is 10.1. The normalized spacial score (nSPS) is 11.0. The van der Waals surface area contributed by atoms with Crippen LogP contribution in [0.4, 0.5) is 13.2 Å². The van der Waals surface area contributed by atoms with E-state index in [9.17, 15) is 23.1 Å². The number of aromatic carboxylic acids is 1. The van der Waals surface area contributed by atoms with Crippen LogP contribution in [0.5, 0.6) is 5.75 Å². The molecule has 1 aromatic carbocycles. The SMILES string of the molecule is O=C([O-])c1cnc2c(F)c(OC(F)F)c(Cl)cc2c1. The van der Waals surface area contributed by atoms with Gasteiger partial charge >= 0.3 is 6.61 Å². The molecule has 0 fully saturated rings. The molecule has 0 atom stereocenters. The van der Waals surface area contributed by atoms with Crippen LogP contribution in [-0.2, 0) is 0 Å². The van der Waals surface area contributed by atoms with Gasteiger partial charge in [0.15, 0.2) is 11.6 Å². The average Bonchev–Trinajstić information content (AvgIpc) is 2.33. The highest BCUT2D eigenvalue weighted by Gasteiger charge is 2.18. The first-order valence-corrected chi connectivity index (χ1v) is 5.22.